The summed E-state index contributed by atoms with van der Waals surface area (Å²) >= 11 is 0. The van der Waals surface area contributed by atoms with E-state index in [9.17, 15) is 4.79 Å². The topological polar surface area (TPSA) is 79.5 Å². The van der Waals surface area contributed by atoms with Crippen molar-refractivity contribution >= 4 is 12.0 Å². The van der Waals surface area contributed by atoms with Gasteiger partial charge in [-0.2, -0.15) is 5.26 Å². The molecule has 0 aromatic heterocycles. The van der Waals surface area contributed by atoms with Gasteiger partial charge in [0.1, 0.15) is 11.6 Å². The molecule has 1 rings (SSSR count). The average Bonchev–Trinajstić information content (AvgIpc) is 2.52. The molecule has 0 bridgehead atoms. The molecule has 118 valence electrons. The SMILES string of the molecule is CCCCCCOc1c(C=C(C#N)C(=O)O)cccc1OC. The smallest absolute Gasteiger partial charge is 0.346 e. The number of hydrogen-bond acceptors (Lipinski definition) is 4. The van der Waals surface area contributed by atoms with Gasteiger partial charge in [-0.1, -0.05) is 38.3 Å². The summed E-state index contributed by atoms with van der Waals surface area (Å²) in [5.41, 5.74) is 0.179. The summed E-state index contributed by atoms with van der Waals surface area (Å²) in [7, 11) is 1.52. The second-order valence-electron chi connectivity index (χ2n) is 4.76. The monoisotopic (exact) mass is 303 g/mol. The molecule has 0 radical (unpaired) electrons. The van der Waals surface area contributed by atoms with E-state index in [1.807, 2.05) is 0 Å². The first-order valence-corrected chi connectivity index (χ1v) is 7.28. The molecule has 1 N–H and O–H groups in total. The Morgan fingerprint density at radius 1 is 1.36 bits per heavy atom. The van der Waals surface area contributed by atoms with Crippen LogP contribution in [0.25, 0.3) is 6.08 Å². The molecular weight excluding hydrogens is 282 g/mol. The van der Waals surface area contributed by atoms with Crippen LogP contribution >= 0.6 is 0 Å². The minimum atomic E-state index is -1.26. The lowest BCUT2D eigenvalue weighted by Crippen LogP contribution is -2.02. The molecule has 0 aliphatic heterocycles. The van der Waals surface area contributed by atoms with Crippen LogP contribution in [0, 0.1) is 11.3 Å². The van der Waals surface area contributed by atoms with Gasteiger partial charge in [-0.3, -0.25) is 0 Å². The Morgan fingerprint density at radius 3 is 2.73 bits per heavy atom. The molecule has 5 nitrogen and oxygen atoms in total. The van der Waals surface area contributed by atoms with E-state index in [1.54, 1.807) is 24.3 Å². The minimum absolute atomic E-state index is 0.343. The van der Waals surface area contributed by atoms with Crippen LogP contribution in [0.3, 0.4) is 0 Å². The maximum atomic E-state index is 11.0. The molecule has 0 amide bonds. The third-order valence-electron chi connectivity index (χ3n) is 3.12. The first-order valence-electron chi connectivity index (χ1n) is 7.28. The lowest BCUT2D eigenvalue weighted by atomic mass is 10.1. The number of carboxylic acid groups (broad SMARTS) is 1. The molecule has 0 atom stereocenters. The molecule has 0 aliphatic carbocycles. The number of hydrogen-bond donors (Lipinski definition) is 1. The van der Waals surface area contributed by atoms with Crippen LogP contribution in [-0.4, -0.2) is 24.8 Å². The van der Waals surface area contributed by atoms with Gasteiger partial charge in [-0.15, -0.1) is 0 Å². The average molecular weight is 303 g/mol. The van der Waals surface area contributed by atoms with Gasteiger partial charge in [0.05, 0.1) is 13.7 Å². The van der Waals surface area contributed by atoms with Gasteiger partial charge in [0.2, 0.25) is 0 Å². The van der Waals surface area contributed by atoms with E-state index in [-0.39, 0.29) is 5.57 Å². The normalized spacial score (nSPS) is 10.9. The molecular formula is C17H21NO4. The van der Waals surface area contributed by atoms with Crippen LogP contribution in [0.5, 0.6) is 11.5 Å². The Morgan fingerprint density at radius 2 is 2.14 bits per heavy atom. The van der Waals surface area contributed by atoms with Gasteiger partial charge < -0.3 is 14.6 Å². The van der Waals surface area contributed by atoms with Crippen molar-refractivity contribution < 1.29 is 19.4 Å². The van der Waals surface area contributed by atoms with E-state index in [0.717, 1.165) is 25.7 Å². The zero-order valence-corrected chi connectivity index (χ0v) is 13.0. The van der Waals surface area contributed by atoms with Gasteiger partial charge in [0.25, 0.3) is 0 Å². The third-order valence-corrected chi connectivity index (χ3v) is 3.12. The van der Waals surface area contributed by atoms with Crippen molar-refractivity contribution in [2.24, 2.45) is 0 Å². The highest BCUT2D eigenvalue weighted by Gasteiger charge is 2.12. The summed E-state index contributed by atoms with van der Waals surface area (Å²) in [4.78, 5) is 11.0. The van der Waals surface area contributed by atoms with E-state index in [2.05, 4.69) is 6.92 Å². The number of rotatable bonds is 9. The number of carboxylic acids is 1. The molecule has 0 heterocycles. The largest absolute Gasteiger partial charge is 0.493 e. The number of aliphatic carboxylic acids is 1. The van der Waals surface area contributed by atoms with Crippen molar-refractivity contribution in [3.05, 3.63) is 29.3 Å². The maximum Gasteiger partial charge on any atom is 0.346 e. The Balaban J connectivity index is 2.97. The van der Waals surface area contributed by atoms with Crippen LogP contribution in [0.1, 0.15) is 38.2 Å². The standard InChI is InChI=1S/C17H21NO4/c1-3-4-5-6-10-22-16-13(8-7-9-15(16)21-2)11-14(12-18)17(19)20/h7-9,11H,3-6,10H2,1-2H3,(H,19,20). The zero-order valence-electron chi connectivity index (χ0n) is 13.0. The summed E-state index contributed by atoms with van der Waals surface area (Å²) < 4.78 is 11.0. The van der Waals surface area contributed by atoms with Crippen LogP contribution in [0.2, 0.25) is 0 Å². The highest BCUT2D eigenvalue weighted by atomic mass is 16.5. The number of methoxy groups -OCH3 is 1. The van der Waals surface area contributed by atoms with E-state index < -0.39 is 5.97 Å². The molecule has 1 aromatic rings. The van der Waals surface area contributed by atoms with Crippen LogP contribution < -0.4 is 9.47 Å². The number of nitriles is 1. The van der Waals surface area contributed by atoms with Crippen molar-refractivity contribution in [3.8, 4) is 17.6 Å². The molecule has 0 saturated carbocycles. The number of benzene rings is 1. The second-order valence-corrected chi connectivity index (χ2v) is 4.76. The summed E-state index contributed by atoms with van der Waals surface area (Å²) in [6, 6.07) is 6.83. The molecule has 0 fully saturated rings. The Hall–Kier alpha value is -2.48. The van der Waals surface area contributed by atoms with E-state index >= 15 is 0 Å². The molecule has 1 aromatic carbocycles. The van der Waals surface area contributed by atoms with Crippen LogP contribution in [0.4, 0.5) is 0 Å². The van der Waals surface area contributed by atoms with Gasteiger partial charge >= 0.3 is 5.97 Å². The fourth-order valence-electron chi connectivity index (χ4n) is 1.96. The first-order chi connectivity index (χ1) is 10.6. The third kappa shape index (κ3) is 5.13. The summed E-state index contributed by atoms with van der Waals surface area (Å²) in [6.45, 7) is 2.66. The molecule has 0 unspecified atom stereocenters. The predicted octanol–water partition coefficient (Wildman–Crippen LogP) is 3.65. The molecule has 0 saturated heterocycles. The van der Waals surface area contributed by atoms with Crippen molar-refractivity contribution in [3.63, 3.8) is 0 Å². The summed E-state index contributed by atoms with van der Waals surface area (Å²) in [6.07, 6.45) is 5.59. The van der Waals surface area contributed by atoms with E-state index in [0.29, 0.717) is 23.7 Å². The van der Waals surface area contributed by atoms with Crippen molar-refractivity contribution in [2.75, 3.05) is 13.7 Å². The highest BCUT2D eigenvalue weighted by Crippen LogP contribution is 2.32. The number of nitrogens with zero attached hydrogens (tertiary/aromatic N) is 1. The number of para-hydroxylation sites is 1. The number of ether oxygens (including phenoxy) is 2. The molecule has 22 heavy (non-hydrogen) atoms. The van der Waals surface area contributed by atoms with Crippen molar-refractivity contribution in [2.45, 2.75) is 32.6 Å². The maximum absolute atomic E-state index is 11.0. The first kappa shape index (κ1) is 17.6. The highest BCUT2D eigenvalue weighted by molar-refractivity contribution is 5.97. The Kier molecular flexibility index (Phi) is 7.55. The van der Waals surface area contributed by atoms with E-state index in [1.165, 1.54) is 13.2 Å². The molecule has 5 heteroatoms. The number of carbonyl (C=O) groups is 1. The lowest BCUT2D eigenvalue weighted by Gasteiger charge is -2.13. The van der Waals surface area contributed by atoms with Crippen molar-refractivity contribution in [1.82, 2.24) is 0 Å². The number of unbranched alkanes of at least 4 members (excludes halogenated alkanes) is 3. The van der Waals surface area contributed by atoms with Gasteiger partial charge in [-0.25, -0.2) is 4.79 Å². The summed E-state index contributed by atoms with van der Waals surface area (Å²) in [5.74, 6) is -0.276. The van der Waals surface area contributed by atoms with Crippen molar-refractivity contribution in [1.29, 1.82) is 5.26 Å². The lowest BCUT2D eigenvalue weighted by molar-refractivity contribution is -0.132. The Labute approximate surface area is 130 Å². The minimum Gasteiger partial charge on any atom is -0.493 e. The van der Waals surface area contributed by atoms with Crippen LogP contribution in [0.15, 0.2) is 23.8 Å². The molecule has 0 aliphatic rings. The van der Waals surface area contributed by atoms with Gasteiger partial charge in [0.15, 0.2) is 11.5 Å². The fourth-order valence-corrected chi connectivity index (χ4v) is 1.96. The second kappa shape index (κ2) is 9.46. The summed E-state index contributed by atoms with van der Waals surface area (Å²) in [5, 5.41) is 17.8. The predicted molar refractivity (Wildman–Crippen MR) is 83.9 cm³/mol. The fraction of sp³-hybridized carbons (Fsp3) is 0.412. The zero-order chi connectivity index (χ0) is 16.4. The van der Waals surface area contributed by atoms with Crippen LogP contribution in [-0.2, 0) is 4.79 Å². The van der Waals surface area contributed by atoms with Gasteiger partial charge in [-0.05, 0) is 18.6 Å². The van der Waals surface area contributed by atoms with E-state index in [4.69, 9.17) is 19.8 Å². The van der Waals surface area contributed by atoms with Gasteiger partial charge in [0, 0.05) is 5.56 Å². The Bertz CT molecular complexity index is 573. The molecule has 0 spiro atoms. The quantitative estimate of drug-likeness (QED) is 0.428.